The van der Waals surface area contributed by atoms with E-state index in [1.807, 2.05) is 13.0 Å². The van der Waals surface area contributed by atoms with Gasteiger partial charge in [0.05, 0.1) is 21.2 Å². The Bertz CT molecular complexity index is 513. The first-order valence-electron chi connectivity index (χ1n) is 5.23. The molecule has 0 radical (unpaired) electrons. The van der Waals surface area contributed by atoms with Crippen molar-refractivity contribution in [3.05, 3.63) is 28.8 Å². The van der Waals surface area contributed by atoms with Crippen molar-refractivity contribution in [1.82, 2.24) is 5.32 Å². The minimum atomic E-state index is -3.28. The fourth-order valence-electron chi connectivity index (χ4n) is 2.40. The van der Waals surface area contributed by atoms with E-state index in [1.165, 1.54) is 0 Å². The van der Waals surface area contributed by atoms with E-state index in [0.29, 0.717) is 16.3 Å². The van der Waals surface area contributed by atoms with Gasteiger partial charge in [0.1, 0.15) is 0 Å². The first-order valence-corrected chi connectivity index (χ1v) is 7.16. The van der Waals surface area contributed by atoms with Crippen molar-refractivity contribution in [2.24, 2.45) is 0 Å². The Morgan fingerprint density at radius 2 is 2.12 bits per heavy atom. The number of sulfone groups is 1. The zero-order valence-corrected chi connectivity index (χ0v) is 10.8. The molecule has 5 heteroatoms. The van der Waals surface area contributed by atoms with E-state index in [1.54, 1.807) is 19.2 Å². The zero-order chi connectivity index (χ0) is 11.9. The third-order valence-electron chi connectivity index (χ3n) is 3.10. The van der Waals surface area contributed by atoms with Crippen LogP contribution >= 0.6 is 11.6 Å². The van der Waals surface area contributed by atoms with E-state index in [2.05, 4.69) is 5.32 Å². The van der Waals surface area contributed by atoms with Gasteiger partial charge in [-0.15, -0.1) is 0 Å². The Morgan fingerprint density at radius 3 is 2.69 bits per heavy atom. The molecule has 2 rings (SSSR count). The zero-order valence-electron chi connectivity index (χ0n) is 9.20. The highest BCUT2D eigenvalue weighted by Gasteiger charge is 2.44. The standard InChI is InChI=1S/C11H14ClNO2S/c1-3-9-10(13-2)7-5-4-6-8(12)11(7)16(9,14)15/h4-6,9-10,13H,3H2,1-2H3. The molecule has 1 aromatic rings. The minimum absolute atomic E-state index is 0.149. The predicted octanol–water partition coefficient (Wildman–Crippen LogP) is 2.17. The van der Waals surface area contributed by atoms with E-state index in [4.69, 9.17) is 11.6 Å². The highest BCUT2D eigenvalue weighted by Crippen LogP contribution is 2.43. The molecular formula is C11H14ClNO2S. The lowest BCUT2D eigenvalue weighted by molar-refractivity contribution is 0.528. The minimum Gasteiger partial charge on any atom is -0.312 e. The van der Waals surface area contributed by atoms with Gasteiger partial charge in [-0.05, 0) is 25.1 Å². The number of hydrogen-bond donors (Lipinski definition) is 1. The largest absolute Gasteiger partial charge is 0.312 e. The molecule has 0 saturated heterocycles. The summed E-state index contributed by atoms with van der Waals surface area (Å²) in [4.78, 5) is 0.308. The van der Waals surface area contributed by atoms with Crippen molar-refractivity contribution in [2.45, 2.75) is 29.5 Å². The maximum atomic E-state index is 12.3. The summed E-state index contributed by atoms with van der Waals surface area (Å²) in [6, 6.07) is 5.10. The van der Waals surface area contributed by atoms with Gasteiger partial charge in [0.2, 0.25) is 0 Å². The Morgan fingerprint density at radius 1 is 1.44 bits per heavy atom. The van der Waals surface area contributed by atoms with Crippen LogP contribution in [0, 0.1) is 0 Å². The van der Waals surface area contributed by atoms with Gasteiger partial charge in [0.15, 0.2) is 9.84 Å². The van der Waals surface area contributed by atoms with E-state index in [0.717, 1.165) is 5.56 Å². The topological polar surface area (TPSA) is 46.2 Å². The molecular weight excluding hydrogens is 246 g/mol. The predicted molar refractivity (Wildman–Crippen MR) is 64.5 cm³/mol. The van der Waals surface area contributed by atoms with Crippen molar-refractivity contribution < 1.29 is 8.42 Å². The van der Waals surface area contributed by atoms with Gasteiger partial charge in [0.25, 0.3) is 0 Å². The number of hydrogen-bond acceptors (Lipinski definition) is 3. The van der Waals surface area contributed by atoms with Gasteiger partial charge in [-0.3, -0.25) is 0 Å². The molecule has 0 aromatic heterocycles. The summed E-state index contributed by atoms with van der Waals surface area (Å²) in [7, 11) is -1.51. The van der Waals surface area contributed by atoms with Crippen LogP contribution in [0.4, 0.5) is 0 Å². The van der Waals surface area contributed by atoms with E-state index in [-0.39, 0.29) is 6.04 Å². The van der Waals surface area contributed by atoms with Crippen molar-refractivity contribution in [1.29, 1.82) is 0 Å². The summed E-state index contributed by atoms with van der Waals surface area (Å²) in [6.45, 7) is 1.88. The highest BCUT2D eigenvalue weighted by molar-refractivity contribution is 7.92. The summed E-state index contributed by atoms with van der Waals surface area (Å²) < 4.78 is 24.6. The second-order valence-corrected chi connectivity index (χ2v) is 6.43. The Hall–Kier alpha value is -0.580. The van der Waals surface area contributed by atoms with Gasteiger partial charge in [0, 0.05) is 0 Å². The monoisotopic (exact) mass is 259 g/mol. The number of nitrogens with one attached hydrogen (secondary N) is 1. The fourth-order valence-corrected chi connectivity index (χ4v) is 5.15. The normalized spacial score (nSPS) is 26.7. The number of halogens is 1. The van der Waals surface area contributed by atoms with Crippen LogP contribution in [-0.2, 0) is 9.84 Å². The van der Waals surface area contributed by atoms with Crippen molar-refractivity contribution in [3.8, 4) is 0 Å². The van der Waals surface area contributed by atoms with Crippen molar-refractivity contribution in [3.63, 3.8) is 0 Å². The van der Waals surface area contributed by atoms with Gasteiger partial charge >= 0.3 is 0 Å². The molecule has 2 unspecified atom stereocenters. The molecule has 0 amide bonds. The highest BCUT2D eigenvalue weighted by atomic mass is 35.5. The molecule has 0 spiro atoms. The number of rotatable bonds is 2. The van der Waals surface area contributed by atoms with Gasteiger partial charge < -0.3 is 5.32 Å². The summed E-state index contributed by atoms with van der Waals surface area (Å²) in [5.41, 5.74) is 0.793. The average molecular weight is 260 g/mol. The molecule has 2 atom stereocenters. The molecule has 3 nitrogen and oxygen atoms in total. The van der Waals surface area contributed by atoms with Crippen molar-refractivity contribution >= 4 is 21.4 Å². The smallest absolute Gasteiger partial charge is 0.184 e. The van der Waals surface area contributed by atoms with Crippen LogP contribution in [0.3, 0.4) is 0 Å². The van der Waals surface area contributed by atoms with E-state index >= 15 is 0 Å². The number of benzene rings is 1. The van der Waals surface area contributed by atoms with Crippen LogP contribution in [0.25, 0.3) is 0 Å². The molecule has 1 aliphatic rings. The second-order valence-electron chi connectivity index (χ2n) is 3.92. The van der Waals surface area contributed by atoms with Gasteiger partial charge in [-0.2, -0.15) is 0 Å². The van der Waals surface area contributed by atoms with Crippen LogP contribution in [0.2, 0.25) is 5.02 Å². The summed E-state index contributed by atoms with van der Waals surface area (Å²) in [6.07, 6.45) is 0.582. The maximum absolute atomic E-state index is 12.3. The molecule has 88 valence electrons. The Labute approximate surface area is 101 Å². The quantitative estimate of drug-likeness (QED) is 0.885. The first kappa shape index (κ1) is 11.9. The van der Waals surface area contributed by atoms with Crippen LogP contribution in [-0.4, -0.2) is 20.7 Å². The fraction of sp³-hybridized carbons (Fsp3) is 0.455. The van der Waals surface area contributed by atoms with E-state index < -0.39 is 15.1 Å². The van der Waals surface area contributed by atoms with Gasteiger partial charge in [-0.1, -0.05) is 30.7 Å². The molecule has 0 aliphatic carbocycles. The Balaban J connectivity index is 2.72. The molecule has 1 aliphatic heterocycles. The molecule has 16 heavy (non-hydrogen) atoms. The SMILES string of the molecule is CCC1C(NC)c2cccc(Cl)c2S1(=O)=O. The van der Waals surface area contributed by atoms with Crippen LogP contribution < -0.4 is 5.32 Å². The average Bonchev–Trinajstić information content (AvgIpc) is 2.46. The first-order chi connectivity index (χ1) is 7.54. The lowest BCUT2D eigenvalue weighted by Crippen LogP contribution is -2.28. The summed E-state index contributed by atoms with van der Waals surface area (Å²) in [5, 5.41) is 2.98. The molecule has 1 N–H and O–H groups in total. The van der Waals surface area contributed by atoms with Crippen LogP contribution in [0.5, 0.6) is 0 Å². The van der Waals surface area contributed by atoms with Crippen molar-refractivity contribution in [2.75, 3.05) is 7.05 Å². The molecule has 0 fully saturated rings. The molecule has 0 saturated carbocycles. The van der Waals surface area contributed by atoms with E-state index in [9.17, 15) is 8.42 Å². The third kappa shape index (κ3) is 1.48. The maximum Gasteiger partial charge on any atom is 0.184 e. The Kier molecular flexibility index (Phi) is 2.99. The summed E-state index contributed by atoms with van der Waals surface area (Å²) in [5.74, 6) is 0. The van der Waals surface area contributed by atoms with Crippen LogP contribution in [0.15, 0.2) is 23.1 Å². The molecule has 0 bridgehead atoms. The molecule has 1 aromatic carbocycles. The summed E-state index contributed by atoms with van der Waals surface area (Å²) >= 11 is 5.99. The van der Waals surface area contributed by atoms with Crippen LogP contribution in [0.1, 0.15) is 24.9 Å². The lowest BCUT2D eigenvalue weighted by Gasteiger charge is -2.16. The second kappa shape index (κ2) is 4.02. The molecule has 1 heterocycles. The lowest BCUT2D eigenvalue weighted by atomic mass is 10.0. The number of fused-ring (bicyclic) bond motifs is 1. The van der Waals surface area contributed by atoms with Gasteiger partial charge in [-0.25, -0.2) is 8.42 Å². The third-order valence-corrected chi connectivity index (χ3v) is 5.96.